The van der Waals surface area contributed by atoms with Gasteiger partial charge in [0.15, 0.2) is 5.82 Å². The van der Waals surface area contributed by atoms with Crippen LogP contribution in [0.1, 0.15) is 79.7 Å². The first kappa shape index (κ1) is 42.9. The van der Waals surface area contributed by atoms with Crippen LogP contribution in [-0.2, 0) is 9.47 Å². The number of rotatable bonds is 5. The van der Waals surface area contributed by atoms with E-state index in [1.165, 1.54) is 11.0 Å². The molecule has 0 saturated carbocycles. The number of amides is 3. The van der Waals surface area contributed by atoms with Gasteiger partial charge in [0.05, 0.1) is 23.7 Å². The van der Waals surface area contributed by atoms with Crippen molar-refractivity contribution in [3.05, 3.63) is 47.8 Å². The summed E-state index contributed by atoms with van der Waals surface area (Å²) in [4.78, 5) is 65.6. The van der Waals surface area contributed by atoms with Crippen LogP contribution in [-0.4, -0.2) is 127 Å². The average molecular weight is 881 g/mol. The normalized spacial score (nSPS) is 25.1. The van der Waals surface area contributed by atoms with Gasteiger partial charge in [0, 0.05) is 37.0 Å². The highest BCUT2D eigenvalue weighted by atomic mass is 19.1. The Morgan fingerprint density at radius 1 is 1.03 bits per heavy atom. The number of nitrogens with zero attached hydrogens (tertiary/aromatic N) is 8. The highest BCUT2D eigenvalue weighted by Crippen LogP contribution is 2.48. The minimum atomic E-state index is -1.10. The van der Waals surface area contributed by atoms with Gasteiger partial charge in [-0.15, -0.1) is 6.42 Å². The number of halogens is 2. The standard InChI is InChI=1S/C46H50F2N8O8/c1-10-25-12-11-13-26-16-30(56(42(59)63-44(4,5)6)43(60)64-45(7,8)9)49-35(31(25)26)36-33(48)34-32-38(52-40(51-34)61-22-46-17-23(2)19-53(46)20-27(47)18-46)54-21-28-14-15-29(55(28)41(57)58)37(54)24(3)62-39(32)50-36/h1,11-13,16,24,27-29,37H,2,14-15,17-22H2,3-9H3,(H,57,58)/t24?,27-,28?,29?,37?,46?/m1/s1. The summed E-state index contributed by atoms with van der Waals surface area (Å²) < 4.78 is 57.3. The lowest BCUT2D eigenvalue weighted by molar-refractivity contribution is 0.0428. The van der Waals surface area contributed by atoms with Gasteiger partial charge in [-0.25, -0.2) is 33.1 Å². The number of carbonyl (C=O) groups excluding carboxylic acids is 2. The van der Waals surface area contributed by atoms with Gasteiger partial charge in [-0.05, 0) is 85.2 Å². The molecule has 5 aliphatic rings. The number of benzene rings is 1. The van der Waals surface area contributed by atoms with E-state index in [4.69, 9.17) is 40.3 Å². The number of ether oxygens (including phenoxy) is 4. The van der Waals surface area contributed by atoms with E-state index >= 15 is 4.39 Å². The number of aromatic nitrogens is 4. The summed E-state index contributed by atoms with van der Waals surface area (Å²) in [6, 6.07) is 4.76. The quantitative estimate of drug-likeness (QED) is 0.153. The number of imide groups is 1. The lowest BCUT2D eigenvalue weighted by atomic mass is 9.93. The molecule has 4 aromatic rings. The van der Waals surface area contributed by atoms with E-state index in [2.05, 4.69) is 17.5 Å². The predicted octanol–water partition coefficient (Wildman–Crippen LogP) is 7.64. The summed E-state index contributed by atoms with van der Waals surface area (Å²) in [5.41, 5.74) is -2.36. The summed E-state index contributed by atoms with van der Waals surface area (Å²) >= 11 is 0. The lowest BCUT2D eigenvalue weighted by Gasteiger charge is -2.47. The van der Waals surface area contributed by atoms with Crippen LogP contribution < -0.4 is 19.3 Å². The SMILES string of the molecule is C#Cc1cccc2cc(N(C(=O)OC(C)(C)C)C(=O)OC(C)(C)C)nc(-c3nc4c5c(nc(OCC67CC(=C)CN6C[C@H](F)C7)nc5c3F)N3CC5CCC(C3C(C)O4)N5C(=O)O)c12. The Bertz CT molecular complexity index is 2670. The molecule has 1 N–H and O–H groups in total. The molecule has 8 heterocycles. The Labute approximate surface area is 368 Å². The van der Waals surface area contributed by atoms with Crippen molar-refractivity contribution in [3.63, 3.8) is 0 Å². The maximum absolute atomic E-state index is 18.0. The molecule has 0 spiro atoms. The highest BCUT2D eigenvalue weighted by Gasteiger charge is 2.54. The highest BCUT2D eigenvalue weighted by molar-refractivity contribution is 6.11. The molecule has 0 aliphatic carbocycles. The number of alkyl halides is 1. The van der Waals surface area contributed by atoms with Gasteiger partial charge < -0.3 is 29.0 Å². The molecule has 336 valence electrons. The Kier molecular flexibility index (Phi) is 10.2. The largest absolute Gasteiger partial charge is 0.472 e. The number of pyridine rings is 2. The van der Waals surface area contributed by atoms with Gasteiger partial charge in [0.2, 0.25) is 5.88 Å². The molecule has 4 fully saturated rings. The first-order chi connectivity index (χ1) is 30.1. The second-order valence-corrected chi connectivity index (χ2v) is 19.4. The number of hydrogen-bond donors (Lipinski definition) is 1. The maximum atomic E-state index is 18.0. The van der Waals surface area contributed by atoms with Gasteiger partial charge in [-0.1, -0.05) is 30.2 Å². The number of carbonyl (C=O) groups is 3. The van der Waals surface area contributed by atoms with Crippen molar-refractivity contribution in [3.8, 4) is 35.6 Å². The Morgan fingerprint density at radius 3 is 2.42 bits per heavy atom. The number of fused-ring (bicyclic) bond motifs is 7. The van der Waals surface area contributed by atoms with Crippen molar-refractivity contribution >= 4 is 51.6 Å². The van der Waals surface area contributed by atoms with Crippen molar-refractivity contribution in [2.24, 2.45) is 0 Å². The fourth-order valence-electron chi connectivity index (χ4n) is 10.2. The molecule has 5 aliphatic heterocycles. The van der Waals surface area contributed by atoms with Crippen molar-refractivity contribution in [2.75, 3.05) is 36.0 Å². The molecule has 1 aromatic carbocycles. The first-order valence-corrected chi connectivity index (χ1v) is 21.4. The van der Waals surface area contributed by atoms with Crippen LogP contribution in [0.15, 0.2) is 36.4 Å². The van der Waals surface area contributed by atoms with E-state index in [1.807, 2.05) is 9.80 Å². The maximum Gasteiger partial charge on any atom is 0.425 e. The minimum Gasteiger partial charge on any atom is -0.472 e. The van der Waals surface area contributed by atoms with Crippen LogP contribution in [0, 0.1) is 18.2 Å². The summed E-state index contributed by atoms with van der Waals surface area (Å²) in [7, 11) is 0. The molecular formula is C46H50F2N8O8. The Balaban J connectivity index is 1.27. The number of carboxylic acid groups (broad SMARTS) is 1. The molecule has 0 radical (unpaired) electrons. The Morgan fingerprint density at radius 2 is 1.75 bits per heavy atom. The van der Waals surface area contributed by atoms with Gasteiger partial charge in [0.1, 0.15) is 64.0 Å². The van der Waals surface area contributed by atoms with Crippen LogP contribution in [0.4, 0.5) is 34.8 Å². The fraction of sp³-hybridized carbons (Fsp3) is 0.500. The number of terminal acetylenes is 1. The summed E-state index contributed by atoms with van der Waals surface area (Å²) in [5, 5.41) is 11.1. The van der Waals surface area contributed by atoms with Crippen LogP contribution in [0.5, 0.6) is 11.9 Å². The summed E-state index contributed by atoms with van der Waals surface area (Å²) in [6.45, 7) is 16.7. The predicted molar refractivity (Wildman–Crippen MR) is 232 cm³/mol. The molecule has 5 unspecified atom stereocenters. The second-order valence-electron chi connectivity index (χ2n) is 19.4. The fourth-order valence-corrected chi connectivity index (χ4v) is 10.2. The third-order valence-corrected chi connectivity index (χ3v) is 12.5. The minimum absolute atomic E-state index is 0.0108. The van der Waals surface area contributed by atoms with Crippen LogP contribution in [0.2, 0.25) is 0 Å². The second kappa shape index (κ2) is 15.1. The lowest BCUT2D eigenvalue weighted by Crippen LogP contribution is -2.64. The van der Waals surface area contributed by atoms with Crippen molar-refractivity contribution in [1.29, 1.82) is 0 Å². The number of hydrogen-bond acceptors (Lipinski definition) is 13. The smallest absolute Gasteiger partial charge is 0.425 e. The third kappa shape index (κ3) is 7.32. The van der Waals surface area contributed by atoms with Crippen LogP contribution >= 0.6 is 0 Å². The molecule has 3 aromatic heterocycles. The van der Waals surface area contributed by atoms with E-state index in [9.17, 15) is 23.9 Å². The Hall–Kier alpha value is -6.35. The van der Waals surface area contributed by atoms with Gasteiger partial charge in [0.25, 0.3) is 0 Å². The number of piperazine rings is 1. The first-order valence-electron chi connectivity index (χ1n) is 21.4. The van der Waals surface area contributed by atoms with E-state index in [0.717, 1.165) is 5.57 Å². The van der Waals surface area contributed by atoms with E-state index in [-0.39, 0.29) is 77.7 Å². The van der Waals surface area contributed by atoms with Crippen molar-refractivity contribution < 1.29 is 47.2 Å². The molecule has 18 heteroatoms. The zero-order valence-corrected chi connectivity index (χ0v) is 36.8. The van der Waals surface area contributed by atoms with Crippen LogP contribution in [0.25, 0.3) is 33.1 Å². The molecule has 16 nitrogen and oxygen atoms in total. The van der Waals surface area contributed by atoms with E-state index in [1.54, 1.807) is 66.7 Å². The molecule has 9 rings (SSSR count). The van der Waals surface area contributed by atoms with E-state index < -0.39 is 70.9 Å². The molecule has 4 saturated heterocycles. The van der Waals surface area contributed by atoms with Gasteiger partial charge in [-0.2, -0.15) is 14.9 Å². The van der Waals surface area contributed by atoms with Gasteiger partial charge in [-0.3, -0.25) is 9.80 Å². The average Bonchev–Trinajstić information content (AvgIpc) is 3.76. The van der Waals surface area contributed by atoms with Crippen molar-refractivity contribution in [2.45, 2.75) is 121 Å². The third-order valence-electron chi connectivity index (χ3n) is 12.5. The molecular weight excluding hydrogens is 831 g/mol. The van der Waals surface area contributed by atoms with Crippen LogP contribution in [0.3, 0.4) is 0 Å². The van der Waals surface area contributed by atoms with Crippen molar-refractivity contribution in [1.82, 2.24) is 29.7 Å². The number of anilines is 2. The zero-order chi connectivity index (χ0) is 45.8. The van der Waals surface area contributed by atoms with Gasteiger partial charge >= 0.3 is 24.3 Å². The molecule has 6 atom stereocenters. The summed E-state index contributed by atoms with van der Waals surface area (Å²) in [6.07, 6.45) is 2.87. The summed E-state index contributed by atoms with van der Waals surface area (Å²) in [5.74, 6) is 1.54. The van der Waals surface area contributed by atoms with E-state index in [0.29, 0.717) is 41.7 Å². The monoisotopic (exact) mass is 880 g/mol. The topological polar surface area (TPSA) is 173 Å². The molecule has 2 bridgehead atoms. The molecule has 3 amide bonds. The molecule has 64 heavy (non-hydrogen) atoms. The zero-order valence-electron chi connectivity index (χ0n) is 36.8.